The average molecular weight is 369 g/mol. The van der Waals surface area contributed by atoms with Gasteiger partial charge in [-0.15, -0.1) is 0 Å². The van der Waals surface area contributed by atoms with E-state index in [2.05, 4.69) is 38.9 Å². The van der Waals surface area contributed by atoms with E-state index in [1.165, 1.54) is 6.42 Å². The zero-order chi connectivity index (χ0) is 13.2. The number of halogens is 1. The normalized spacial score (nSPS) is 19.6. The monoisotopic (exact) mass is 369 g/mol. The molecule has 2 aromatic heterocycles. The highest BCUT2D eigenvalue weighted by atomic mass is 127. The molecule has 1 fully saturated rings. The van der Waals surface area contributed by atoms with Gasteiger partial charge in [-0.1, -0.05) is 6.07 Å². The van der Waals surface area contributed by atoms with E-state index >= 15 is 0 Å². The van der Waals surface area contributed by atoms with Crippen molar-refractivity contribution in [1.29, 1.82) is 0 Å². The Bertz CT molecular complexity index is 576. The summed E-state index contributed by atoms with van der Waals surface area (Å²) in [6.07, 6.45) is 5.54. The highest BCUT2D eigenvalue weighted by molar-refractivity contribution is 14.1. The lowest BCUT2D eigenvalue weighted by Gasteiger charge is -2.22. The molecule has 100 valence electrons. The zero-order valence-electron chi connectivity index (χ0n) is 10.8. The smallest absolute Gasteiger partial charge is 0.150 e. The van der Waals surface area contributed by atoms with E-state index in [0.29, 0.717) is 0 Å². The van der Waals surface area contributed by atoms with Crippen molar-refractivity contribution in [2.45, 2.75) is 32.4 Å². The van der Waals surface area contributed by atoms with Crippen LogP contribution in [0.15, 0.2) is 24.4 Å². The number of aryl methyl sites for hydroxylation is 1. The molecule has 19 heavy (non-hydrogen) atoms. The van der Waals surface area contributed by atoms with Gasteiger partial charge in [-0.2, -0.15) is 5.10 Å². The van der Waals surface area contributed by atoms with Gasteiger partial charge in [-0.25, -0.2) is 4.68 Å². The third kappa shape index (κ3) is 2.81. The summed E-state index contributed by atoms with van der Waals surface area (Å²) in [6, 6.07) is 6.02. The van der Waals surface area contributed by atoms with Gasteiger partial charge in [0.25, 0.3) is 0 Å². The molecular weight excluding hydrogens is 353 g/mol. The first-order chi connectivity index (χ1) is 9.24. The lowest BCUT2D eigenvalue weighted by Crippen LogP contribution is -2.18. The van der Waals surface area contributed by atoms with E-state index in [0.717, 1.165) is 40.1 Å². The van der Waals surface area contributed by atoms with Crippen LogP contribution in [0.5, 0.6) is 0 Å². The molecule has 1 atom stereocenters. The van der Waals surface area contributed by atoms with Crippen LogP contribution >= 0.6 is 22.6 Å². The quantitative estimate of drug-likeness (QED) is 0.760. The maximum absolute atomic E-state index is 5.77. The molecule has 0 saturated carbocycles. The van der Waals surface area contributed by atoms with Crippen molar-refractivity contribution in [3.8, 4) is 11.4 Å². The summed E-state index contributed by atoms with van der Waals surface area (Å²) >= 11 is 2.31. The van der Waals surface area contributed by atoms with Gasteiger partial charge in [0, 0.05) is 18.5 Å². The van der Waals surface area contributed by atoms with E-state index in [-0.39, 0.29) is 6.23 Å². The van der Waals surface area contributed by atoms with Crippen LogP contribution in [0.25, 0.3) is 11.4 Å². The highest BCUT2D eigenvalue weighted by Gasteiger charge is 2.19. The fourth-order valence-corrected chi connectivity index (χ4v) is 2.97. The van der Waals surface area contributed by atoms with Gasteiger partial charge < -0.3 is 4.74 Å². The van der Waals surface area contributed by atoms with Gasteiger partial charge in [0.2, 0.25) is 0 Å². The van der Waals surface area contributed by atoms with Crippen LogP contribution in [0, 0.1) is 10.5 Å². The minimum Gasteiger partial charge on any atom is -0.357 e. The van der Waals surface area contributed by atoms with Crippen LogP contribution < -0.4 is 0 Å². The van der Waals surface area contributed by atoms with E-state index in [1.54, 1.807) is 0 Å². The predicted octanol–water partition coefficient (Wildman–Crippen LogP) is 3.56. The number of ether oxygens (including phenoxy) is 1. The number of rotatable bonds is 2. The molecule has 0 N–H and O–H groups in total. The molecule has 1 saturated heterocycles. The van der Waals surface area contributed by atoms with Crippen molar-refractivity contribution in [2.75, 3.05) is 6.61 Å². The van der Waals surface area contributed by atoms with Crippen LogP contribution in [-0.2, 0) is 4.74 Å². The maximum Gasteiger partial charge on any atom is 0.150 e. The molecule has 3 heterocycles. The Morgan fingerprint density at radius 1 is 1.37 bits per heavy atom. The summed E-state index contributed by atoms with van der Waals surface area (Å²) in [5.74, 6) is 0. The van der Waals surface area contributed by atoms with Gasteiger partial charge in [-0.3, -0.25) is 4.98 Å². The largest absolute Gasteiger partial charge is 0.357 e. The van der Waals surface area contributed by atoms with Crippen LogP contribution in [-0.4, -0.2) is 21.4 Å². The van der Waals surface area contributed by atoms with Crippen molar-refractivity contribution in [3.63, 3.8) is 0 Å². The van der Waals surface area contributed by atoms with Crippen LogP contribution in [0.3, 0.4) is 0 Å². The van der Waals surface area contributed by atoms with E-state index < -0.39 is 0 Å². The van der Waals surface area contributed by atoms with Crippen molar-refractivity contribution in [3.05, 3.63) is 33.7 Å². The lowest BCUT2D eigenvalue weighted by atomic mass is 10.2. The molecule has 1 aliphatic heterocycles. The van der Waals surface area contributed by atoms with Crippen molar-refractivity contribution < 1.29 is 4.74 Å². The number of aromatic nitrogens is 3. The molecule has 3 rings (SSSR count). The second-order valence-electron chi connectivity index (χ2n) is 4.79. The first-order valence-electron chi connectivity index (χ1n) is 6.54. The predicted molar refractivity (Wildman–Crippen MR) is 81.8 cm³/mol. The minimum absolute atomic E-state index is 0.0841. The molecule has 0 radical (unpaired) electrons. The highest BCUT2D eigenvalue weighted by Crippen LogP contribution is 2.27. The lowest BCUT2D eigenvalue weighted by molar-refractivity contribution is -0.0394. The zero-order valence-corrected chi connectivity index (χ0v) is 13.0. The van der Waals surface area contributed by atoms with Crippen molar-refractivity contribution in [2.24, 2.45) is 0 Å². The second kappa shape index (κ2) is 5.58. The Labute approximate surface area is 126 Å². The van der Waals surface area contributed by atoms with Crippen LogP contribution in [0.4, 0.5) is 0 Å². The minimum atomic E-state index is 0.0841. The average Bonchev–Trinajstić information content (AvgIpc) is 2.82. The third-order valence-corrected chi connectivity index (χ3v) is 4.06. The Kier molecular flexibility index (Phi) is 3.83. The van der Waals surface area contributed by atoms with Crippen LogP contribution in [0.1, 0.15) is 31.2 Å². The van der Waals surface area contributed by atoms with Crippen LogP contribution in [0.2, 0.25) is 0 Å². The fourth-order valence-electron chi connectivity index (χ4n) is 2.30. The third-order valence-electron chi connectivity index (χ3n) is 3.27. The molecule has 1 aliphatic rings. The summed E-state index contributed by atoms with van der Waals surface area (Å²) in [6.45, 7) is 2.83. The first-order valence-corrected chi connectivity index (χ1v) is 7.62. The number of hydrogen-bond acceptors (Lipinski definition) is 3. The SMILES string of the molecule is Cc1cccc(-c2nn(C3CCCCO3)cc2I)n1. The maximum atomic E-state index is 5.77. The summed E-state index contributed by atoms with van der Waals surface area (Å²) in [5.41, 5.74) is 2.88. The molecule has 0 bridgehead atoms. The van der Waals surface area contributed by atoms with Crippen molar-refractivity contribution >= 4 is 22.6 Å². The van der Waals surface area contributed by atoms with E-state index in [4.69, 9.17) is 4.74 Å². The molecule has 5 heteroatoms. The Morgan fingerprint density at radius 2 is 2.26 bits per heavy atom. The topological polar surface area (TPSA) is 39.9 Å². The van der Waals surface area contributed by atoms with E-state index in [9.17, 15) is 0 Å². The van der Waals surface area contributed by atoms with Crippen molar-refractivity contribution in [1.82, 2.24) is 14.8 Å². The molecule has 0 aliphatic carbocycles. The molecule has 1 unspecified atom stereocenters. The molecule has 0 aromatic carbocycles. The Hall–Kier alpha value is -0.950. The van der Waals surface area contributed by atoms with E-state index in [1.807, 2.05) is 29.8 Å². The van der Waals surface area contributed by atoms with Gasteiger partial charge >= 0.3 is 0 Å². The standard InChI is InChI=1S/C14H16IN3O/c1-10-5-4-6-12(16-10)14-11(15)9-18(17-14)13-7-2-3-8-19-13/h4-6,9,13H,2-3,7-8H2,1H3. The number of nitrogens with zero attached hydrogens (tertiary/aromatic N) is 3. The molecule has 4 nitrogen and oxygen atoms in total. The summed E-state index contributed by atoms with van der Waals surface area (Å²) in [7, 11) is 0. The summed E-state index contributed by atoms with van der Waals surface area (Å²) in [5, 5.41) is 4.67. The Balaban J connectivity index is 1.92. The fraction of sp³-hybridized carbons (Fsp3) is 0.429. The number of pyridine rings is 1. The molecule has 0 amide bonds. The Morgan fingerprint density at radius 3 is 3.00 bits per heavy atom. The molecule has 0 spiro atoms. The molecular formula is C14H16IN3O. The second-order valence-corrected chi connectivity index (χ2v) is 5.95. The van der Waals surface area contributed by atoms with Gasteiger partial charge in [0.15, 0.2) is 0 Å². The van der Waals surface area contributed by atoms with Gasteiger partial charge in [-0.05, 0) is 60.9 Å². The first kappa shape index (κ1) is 13.1. The van der Waals surface area contributed by atoms with Gasteiger partial charge in [0.1, 0.15) is 11.9 Å². The summed E-state index contributed by atoms with van der Waals surface area (Å²) < 4.78 is 8.83. The molecule has 2 aromatic rings. The van der Waals surface area contributed by atoms with Gasteiger partial charge in [0.05, 0.1) is 9.26 Å². The number of hydrogen-bond donors (Lipinski definition) is 0. The summed E-state index contributed by atoms with van der Waals surface area (Å²) in [4.78, 5) is 4.54.